The van der Waals surface area contributed by atoms with E-state index >= 15 is 0 Å². The summed E-state index contributed by atoms with van der Waals surface area (Å²) in [5, 5.41) is 0. The maximum atomic E-state index is 6.66. The van der Waals surface area contributed by atoms with Gasteiger partial charge in [-0.1, -0.05) is 48.5 Å². The predicted octanol–water partition coefficient (Wildman–Crippen LogP) is 4.33. The first-order valence-electron chi connectivity index (χ1n) is 9.55. The van der Waals surface area contributed by atoms with Crippen LogP contribution >= 0.6 is 0 Å². The summed E-state index contributed by atoms with van der Waals surface area (Å²) in [7, 11) is 1.81. The summed E-state index contributed by atoms with van der Waals surface area (Å²) in [5.74, 6) is 2.06. The van der Waals surface area contributed by atoms with Crippen molar-refractivity contribution in [2.24, 2.45) is 7.05 Å². The molecule has 2 aliphatic rings. The molecule has 0 saturated heterocycles. The number of imidazole rings is 1. The second-order valence-electron chi connectivity index (χ2n) is 7.44. The van der Waals surface area contributed by atoms with Crippen molar-refractivity contribution in [3.05, 3.63) is 84.7 Å². The average molecular weight is 364 g/mol. The molecule has 0 amide bonds. The van der Waals surface area contributed by atoms with E-state index in [0.29, 0.717) is 0 Å². The third kappa shape index (κ3) is 1.93. The Hall–Kier alpha value is -3.47. The smallest absolute Gasteiger partial charge is 0.502 e. The van der Waals surface area contributed by atoms with E-state index in [4.69, 9.17) is 4.65 Å². The van der Waals surface area contributed by atoms with Gasteiger partial charge in [-0.15, -0.1) is 0 Å². The van der Waals surface area contributed by atoms with Crippen LogP contribution in [-0.4, -0.2) is 11.8 Å². The Kier molecular flexibility index (Phi) is 3.07. The van der Waals surface area contributed by atoms with Crippen LogP contribution in [0.4, 0.5) is 11.4 Å². The van der Waals surface area contributed by atoms with Crippen molar-refractivity contribution in [1.29, 1.82) is 0 Å². The van der Waals surface area contributed by atoms with Gasteiger partial charge in [-0.3, -0.25) is 0 Å². The zero-order valence-electron chi connectivity index (χ0n) is 15.8. The highest BCUT2D eigenvalue weighted by Crippen LogP contribution is 2.46. The zero-order valence-corrected chi connectivity index (χ0v) is 15.8. The lowest BCUT2D eigenvalue weighted by Crippen LogP contribution is -2.66. The van der Waals surface area contributed by atoms with Gasteiger partial charge in [0, 0.05) is 16.8 Å². The van der Waals surface area contributed by atoms with Gasteiger partial charge in [0.05, 0.1) is 18.3 Å². The predicted molar refractivity (Wildman–Crippen MR) is 112 cm³/mol. The number of aromatic nitrogens is 2. The fourth-order valence-corrected chi connectivity index (χ4v) is 4.54. The molecule has 0 atom stereocenters. The van der Waals surface area contributed by atoms with E-state index in [0.717, 1.165) is 22.8 Å². The molecule has 0 N–H and O–H groups in total. The topological polar surface area (TPSA) is 21.3 Å². The Bertz CT molecular complexity index is 1250. The molecule has 134 valence electrons. The van der Waals surface area contributed by atoms with Crippen molar-refractivity contribution < 1.29 is 9.13 Å². The number of nitrogens with zero attached hydrogens (tertiary/aromatic N) is 3. The van der Waals surface area contributed by atoms with E-state index < -0.39 is 0 Å². The molecule has 1 aromatic heterocycles. The SMILES string of the molecule is Cc1cccc2c1-c1n(C)cc[n+]1B1Oc3ccccc3-c3ccccc3N12. The van der Waals surface area contributed by atoms with Crippen LogP contribution in [0, 0.1) is 6.92 Å². The molecule has 2 aliphatic heterocycles. The van der Waals surface area contributed by atoms with Gasteiger partial charge in [0.2, 0.25) is 0 Å². The minimum absolute atomic E-state index is 0.282. The second-order valence-corrected chi connectivity index (χ2v) is 7.44. The molecular weight excluding hydrogens is 345 g/mol. The third-order valence-corrected chi connectivity index (χ3v) is 5.80. The average Bonchev–Trinajstić information content (AvgIpc) is 3.03. The lowest BCUT2D eigenvalue weighted by atomic mass is 9.86. The van der Waals surface area contributed by atoms with Gasteiger partial charge in [0.25, 0.3) is 5.82 Å². The van der Waals surface area contributed by atoms with Crippen molar-refractivity contribution in [1.82, 2.24) is 4.57 Å². The number of aryl methyl sites for hydroxylation is 2. The molecule has 0 radical (unpaired) electrons. The first-order chi connectivity index (χ1) is 13.7. The highest BCUT2D eigenvalue weighted by molar-refractivity contribution is 6.53. The maximum Gasteiger partial charge on any atom is 0.754 e. The van der Waals surface area contributed by atoms with Crippen molar-refractivity contribution in [2.75, 3.05) is 4.81 Å². The number of hydrogen-bond acceptors (Lipinski definition) is 2. The quantitative estimate of drug-likeness (QED) is 0.433. The fourth-order valence-electron chi connectivity index (χ4n) is 4.54. The molecule has 0 saturated carbocycles. The first kappa shape index (κ1) is 15.6. The van der Waals surface area contributed by atoms with Crippen LogP contribution in [0.25, 0.3) is 22.5 Å². The van der Waals surface area contributed by atoms with Crippen molar-refractivity contribution in [3.8, 4) is 28.3 Å². The van der Waals surface area contributed by atoms with Gasteiger partial charge in [-0.2, -0.15) is 0 Å². The molecule has 6 rings (SSSR count). The molecule has 0 bridgehead atoms. The molecular formula is C23H19BN3O+. The Morgan fingerprint density at radius 1 is 0.857 bits per heavy atom. The lowest BCUT2D eigenvalue weighted by molar-refractivity contribution is -0.536. The third-order valence-electron chi connectivity index (χ3n) is 5.80. The van der Waals surface area contributed by atoms with Gasteiger partial charge in [-0.05, 0) is 30.7 Å². The number of anilines is 2. The minimum Gasteiger partial charge on any atom is -0.502 e. The summed E-state index contributed by atoms with van der Waals surface area (Å²) in [6, 6.07) is 23.4. The molecule has 4 aromatic rings. The Labute approximate surface area is 164 Å². The van der Waals surface area contributed by atoms with Gasteiger partial charge in [0.15, 0.2) is 0 Å². The Morgan fingerprint density at radius 3 is 2.50 bits per heavy atom. The normalized spacial score (nSPS) is 13.5. The summed E-state index contributed by atoms with van der Waals surface area (Å²) in [5.41, 5.74) is 7.15. The minimum atomic E-state index is -0.282. The van der Waals surface area contributed by atoms with E-state index in [2.05, 4.69) is 101 Å². The highest BCUT2D eigenvalue weighted by atomic mass is 16.5. The molecule has 0 unspecified atom stereocenters. The highest BCUT2D eigenvalue weighted by Gasteiger charge is 2.50. The Balaban J connectivity index is 1.74. The molecule has 3 heterocycles. The van der Waals surface area contributed by atoms with E-state index in [1.54, 1.807) is 0 Å². The summed E-state index contributed by atoms with van der Waals surface area (Å²) in [6.45, 7) is 2.18. The van der Waals surface area contributed by atoms with Crippen LogP contribution in [0.2, 0.25) is 0 Å². The largest absolute Gasteiger partial charge is 0.754 e. The zero-order chi connectivity index (χ0) is 18.8. The van der Waals surface area contributed by atoms with Crippen LogP contribution in [0.3, 0.4) is 0 Å². The van der Waals surface area contributed by atoms with Crippen LogP contribution < -0.4 is 13.9 Å². The van der Waals surface area contributed by atoms with E-state index in [1.807, 2.05) is 6.07 Å². The molecule has 28 heavy (non-hydrogen) atoms. The van der Waals surface area contributed by atoms with E-state index in [1.165, 1.54) is 22.4 Å². The molecule has 0 spiro atoms. The maximum absolute atomic E-state index is 6.66. The van der Waals surface area contributed by atoms with Crippen LogP contribution in [0.1, 0.15) is 5.56 Å². The van der Waals surface area contributed by atoms with E-state index in [-0.39, 0.29) is 7.19 Å². The Morgan fingerprint density at radius 2 is 1.61 bits per heavy atom. The van der Waals surface area contributed by atoms with Gasteiger partial charge in [0.1, 0.15) is 18.1 Å². The fraction of sp³-hybridized carbons (Fsp3) is 0.0870. The van der Waals surface area contributed by atoms with Crippen molar-refractivity contribution in [2.45, 2.75) is 6.92 Å². The standard InChI is InChI=1S/C23H19BN3O/c1-16-8-7-12-20-22(16)23-25(2)14-15-26(23)24-27(20)19-11-5-3-9-17(19)18-10-4-6-13-21(18)28-24/h3-15H,1-2H3/q+1. The monoisotopic (exact) mass is 364 g/mol. The van der Waals surface area contributed by atoms with E-state index in [9.17, 15) is 0 Å². The number of rotatable bonds is 0. The molecule has 5 heteroatoms. The molecule has 4 nitrogen and oxygen atoms in total. The van der Waals surface area contributed by atoms with Gasteiger partial charge in [-0.25, -0.2) is 9.05 Å². The second kappa shape index (κ2) is 5.52. The number of fused-ring (bicyclic) bond motifs is 10. The molecule has 3 aromatic carbocycles. The summed E-state index contributed by atoms with van der Waals surface area (Å²) in [6.07, 6.45) is 4.21. The molecule has 0 fully saturated rings. The summed E-state index contributed by atoms with van der Waals surface area (Å²) >= 11 is 0. The number of hydrogen-bond donors (Lipinski definition) is 0. The first-order valence-corrected chi connectivity index (χ1v) is 9.55. The van der Waals surface area contributed by atoms with Crippen molar-refractivity contribution in [3.63, 3.8) is 0 Å². The van der Waals surface area contributed by atoms with Gasteiger partial charge < -0.3 is 9.47 Å². The van der Waals surface area contributed by atoms with Gasteiger partial charge >= 0.3 is 7.19 Å². The van der Waals surface area contributed by atoms with Crippen molar-refractivity contribution >= 4 is 18.6 Å². The summed E-state index contributed by atoms with van der Waals surface area (Å²) < 4.78 is 11.1. The van der Waals surface area contributed by atoms with Crippen LogP contribution in [0.5, 0.6) is 5.75 Å². The lowest BCUT2D eigenvalue weighted by Gasteiger charge is -2.32. The summed E-state index contributed by atoms with van der Waals surface area (Å²) in [4.78, 5) is 2.32. The molecule has 0 aliphatic carbocycles. The van der Waals surface area contributed by atoms with Crippen LogP contribution in [0.15, 0.2) is 79.1 Å². The number of para-hydroxylation sites is 2. The van der Waals surface area contributed by atoms with Crippen LogP contribution in [-0.2, 0) is 7.05 Å². The number of benzene rings is 3.